The highest BCUT2D eigenvalue weighted by Gasteiger charge is 2.11. The molecule has 1 aromatic rings. The summed E-state index contributed by atoms with van der Waals surface area (Å²) in [4.78, 5) is 12.2. The molecule has 0 bridgehead atoms. The van der Waals surface area contributed by atoms with Crippen LogP contribution >= 0.6 is 0 Å². The molecule has 5 heteroatoms. The van der Waals surface area contributed by atoms with E-state index in [1.807, 2.05) is 0 Å². The normalized spacial score (nSPS) is 10.8. The van der Waals surface area contributed by atoms with Gasteiger partial charge in [0, 0.05) is 25.3 Å². The highest BCUT2D eigenvalue weighted by atomic mass is 16.5. The van der Waals surface area contributed by atoms with Gasteiger partial charge < -0.3 is 19.5 Å². The van der Waals surface area contributed by atoms with E-state index in [4.69, 9.17) is 14.2 Å². The molecule has 0 radical (unpaired) electrons. The van der Waals surface area contributed by atoms with Crippen molar-refractivity contribution in [2.24, 2.45) is 5.92 Å². The van der Waals surface area contributed by atoms with E-state index in [1.54, 1.807) is 25.3 Å². The quantitative estimate of drug-likeness (QED) is 0.545. The van der Waals surface area contributed by atoms with Crippen LogP contribution in [0.5, 0.6) is 11.5 Å². The molecular formula is C20H33NO4. The summed E-state index contributed by atoms with van der Waals surface area (Å²) in [5, 5.41) is 2.90. The van der Waals surface area contributed by atoms with Gasteiger partial charge in [0.05, 0.1) is 13.7 Å². The maximum Gasteiger partial charge on any atom is 0.251 e. The average molecular weight is 351 g/mol. The van der Waals surface area contributed by atoms with Gasteiger partial charge in [-0.05, 0) is 43.4 Å². The van der Waals surface area contributed by atoms with Gasteiger partial charge in [-0.3, -0.25) is 4.79 Å². The second kappa shape index (κ2) is 12.6. The van der Waals surface area contributed by atoms with Gasteiger partial charge in [0.15, 0.2) is 11.5 Å². The van der Waals surface area contributed by atoms with Crippen LogP contribution in [0.3, 0.4) is 0 Å². The minimum absolute atomic E-state index is 0.111. The predicted octanol–water partition coefficient (Wildman–Crippen LogP) is 4.06. The van der Waals surface area contributed by atoms with Crippen molar-refractivity contribution in [3.63, 3.8) is 0 Å². The van der Waals surface area contributed by atoms with Crippen molar-refractivity contribution in [1.29, 1.82) is 0 Å². The fourth-order valence-electron chi connectivity index (χ4n) is 2.16. The number of hydrogen-bond acceptors (Lipinski definition) is 4. The summed E-state index contributed by atoms with van der Waals surface area (Å²) >= 11 is 0. The second-order valence-electron chi connectivity index (χ2n) is 6.47. The fourth-order valence-corrected chi connectivity index (χ4v) is 2.16. The Labute approximate surface area is 152 Å². The topological polar surface area (TPSA) is 56.8 Å². The van der Waals surface area contributed by atoms with Gasteiger partial charge in [0.1, 0.15) is 0 Å². The molecule has 0 atom stereocenters. The van der Waals surface area contributed by atoms with Gasteiger partial charge in [0.2, 0.25) is 0 Å². The Morgan fingerprint density at radius 2 is 1.88 bits per heavy atom. The predicted molar refractivity (Wildman–Crippen MR) is 101 cm³/mol. The molecule has 0 saturated heterocycles. The van der Waals surface area contributed by atoms with Gasteiger partial charge in [-0.25, -0.2) is 0 Å². The molecule has 0 saturated carbocycles. The average Bonchev–Trinajstić information content (AvgIpc) is 2.60. The van der Waals surface area contributed by atoms with Gasteiger partial charge in [-0.1, -0.05) is 27.2 Å². The minimum Gasteiger partial charge on any atom is -0.493 e. The molecule has 0 aliphatic heterocycles. The van der Waals surface area contributed by atoms with Crippen LogP contribution in [-0.2, 0) is 4.74 Å². The Bertz CT molecular complexity index is 502. The maximum atomic E-state index is 12.2. The number of ether oxygens (including phenoxy) is 3. The molecule has 1 amide bonds. The van der Waals surface area contributed by atoms with E-state index in [-0.39, 0.29) is 5.91 Å². The third-order valence-corrected chi connectivity index (χ3v) is 3.77. The zero-order valence-electron chi connectivity index (χ0n) is 16.1. The lowest BCUT2D eigenvalue weighted by Crippen LogP contribution is -2.25. The minimum atomic E-state index is -0.111. The van der Waals surface area contributed by atoms with Crippen LogP contribution in [0.4, 0.5) is 0 Å². The summed E-state index contributed by atoms with van der Waals surface area (Å²) in [7, 11) is 1.58. The molecule has 0 aliphatic carbocycles. The van der Waals surface area contributed by atoms with Crippen LogP contribution in [-0.4, -0.2) is 39.4 Å². The molecule has 1 N–H and O–H groups in total. The van der Waals surface area contributed by atoms with Crippen molar-refractivity contribution < 1.29 is 19.0 Å². The summed E-state index contributed by atoms with van der Waals surface area (Å²) in [6.45, 7) is 9.15. The number of nitrogens with one attached hydrogen (secondary N) is 1. The molecule has 0 unspecified atom stereocenters. The first-order valence-corrected chi connectivity index (χ1v) is 9.25. The Kier molecular flexibility index (Phi) is 10.7. The zero-order valence-corrected chi connectivity index (χ0v) is 16.1. The number of unbranched alkanes of at least 4 members (excludes halogenated alkanes) is 1. The number of carbonyl (C=O) groups is 1. The Balaban J connectivity index is 2.42. The van der Waals surface area contributed by atoms with E-state index >= 15 is 0 Å². The molecule has 5 nitrogen and oxygen atoms in total. The van der Waals surface area contributed by atoms with E-state index in [1.165, 1.54) is 0 Å². The number of rotatable bonds is 13. The van der Waals surface area contributed by atoms with Crippen molar-refractivity contribution in [2.75, 3.05) is 33.5 Å². The lowest BCUT2D eigenvalue weighted by atomic mass is 10.1. The lowest BCUT2D eigenvalue weighted by molar-refractivity contribution is 0.0940. The number of methoxy groups -OCH3 is 1. The van der Waals surface area contributed by atoms with Crippen LogP contribution in [0.2, 0.25) is 0 Å². The second-order valence-corrected chi connectivity index (χ2v) is 6.47. The third kappa shape index (κ3) is 8.77. The zero-order chi connectivity index (χ0) is 18.5. The summed E-state index contributed by atoms with van der Waals surface area (Å²) in [6, 6.07) is 5.28. The molecule has 0 spiro atoms. The largest absolute Gasteiger partial charge is 0.493 e. The van der Waals surface area contributed by atoms with E-state index in [0.29, 0.717) is 42.7 Å². The Morgan fingerprint density at radius 1 is 1.12 bits per heavy atom. The van der Waals surface area contributed by atoms with Gasteiger partial charge in [0.25, 0.3) is 5.91 Å². The van der Waals surface area contributed by atoms with Crippen LogP contribution < -0.4 is 14.8 Å². The molecule has 0 aliphatic rings. The molecule has 1 aromatic carbocycles. The van der Waals surface area contributed by atoms with E-state index in [0.717, 1.165) is 32.3 Å². The fraction of sp³-hybridized carbons (Fsp3) is 0.650. The van der Waals surface area contributed by atoms with Crippen molar-refractivity contribution in [3.8, 4) is 11.5 Å². The number of benzene rings is 1. The van der Waals surface area contributed by atoms with Crippen LogP contribution in [0.15, 0.2) is 18.2 Å². The Hall–Kier alpha value is -1.75. The highest BCUT2D eigenvalue weighted by Crippen LogP contribution is 2.28. The van der Waals surface area contributed by atoms with Crippen LogP contribution in [0.25, 0.3) is 0 Å². The standard InChI is InChI=1S/C20H33NO4/c1-5-6-12-24-13-7-11-21-20(22)17-8-9-18(19(15-17)23-4)25-14-10-16(2)3/h8-9,15-16H,5-7,10-14H2,1-4H3,(H,21,22). The number of hydrogen-bond donors (Lipinski definition) is 1. The highest BCUT2D eigenvalue weighted by molar-refractivity contribution is 5.94. The van der Waals surface area contributed by atoms with Crippen LogP contribution in [0.1, 0.15) is 56.8 Å². The first-order chi connectivity index (χ1) is 12.1. The monoisotopic (exact) mass is 351 g/mol. The van der Waals surface area contributed by atoms with Crippen molar-refractivity contribution in [2.45, 2.75) is 46.5 Å². The van der Waals surface area contributed by atoms with Gasteiger partial charge in [-0.15, -0.1) is 0 Å². The van der Waals surface area contributed by atoms with E-state index in [9.17, 15) is 4.79 Å². The Morgan fingerprint density at radius 3 is 2.56 bits per heavy atom. The number of amides is 1. The third-order valence-electron chi connectivity index (χ3n) is 3.77. The molecule has 0 aromatic heterocycles. The van der Waals surface area contributed by atoms with Gasteiger partial charge >= 0.3 is 0 Å². The summed E-state index contributed by atoms with van der Waals surface area (Å²) < 4.78 is 16.6. The summed E-state index contributed by atoms with van der Waals surface area (Å²) in [5.41, 5.74) is 0.569. The van der Waals surface area contributed by atoms with E-state index < -0.39 is 0 Å². The molecule has 1 rings (SSSR count). The molecular weight excluding hydrogens is 318 g/mol. The first kappa shape index (κ1) is 21.3. The van der Waals surface area contributed by atoms with Crippen LogP contribution in [0, 0.1) is 5.92 Å². The summed E-state index contributed by atoms with van der Waals surface area (Å²) in [6.07, 6.45) is 4.00. The molecule has 25 heavy (non-hydrogen) atoms. The number of carbonyl (C=O) groups excluding carboxylic acids is 1. The molecule has 0 heterocycles. The SMILES string of the molecule is CCCCOCCCNC(=O)c1ccc(OCCC(C)C)c(OC)c1. The van der Waals surface area contributed by atoms with E-state index in [2.05, 4.69) is 26.1 Å². The summed E-state index contributed by atoms with van der Waals surface area (Å²) in [5.74, 6) is 1.73. The maximum absolute atomic E-state index is 12.2. The lowest BCUT2D eigenvalue weighted by Gasteiger charge is -2.13. The molecule has 142 valence electrons. The molecule has 0 fully saturated rings. The first-order valence-electron chi connectivity index (χ1n) is 9.25. The van der Waals surface area contributed by atoms with Crippen molar-refractivity contribution in [1.82, 2.24) is 5.32 Å². The van der Waals surface area contributed by atoms with Crippen molar-refractivity contribution >= 4 is 5.91 Å². The van der Waals surface area contributed by atoms with Crippen molar-refractivity contribution in [3.05, 3.63) is 23.8 Å². The smallest absolute Gasteiger partial charge is 0.251 e. The van der Waals surface area contributed by atoms with Gasteiger partial charge in [-0.2, -0.15) is 0 Å².